The van der Waals surface area contributed by atoms with Crippen LogP contribution in [0, 0.1) is 11.2 Å². The molecule has 1 aromatic carbocycles. The maximum absolute atomic E-state index is 14.1. The number of hydrogen-bond donors (Lipinski definition) is 1. The molecule has 0 spiro atoms. The van der Waals surface area contributed by atoms with Gasteiger partial charge < -0.3 is 10.3 Å². The van der Waals surface area contributed by atoms with E-state index in [0.717, 1.165) is 28.6 Å². The number of aromatic nitrogens is 1. The summed E-state index contributed by atoms with van der Waals surface area (Å²) in [5.74, 6) is -0.219. The second-order valence-corrected chi connectivity index (χ2v) is 7.25. The maximum Gasteiger partial charge on any atom is 0.147 e. The van der Waals surface area contributed by atoms with Crippen LogP contribution in [0.4, 0.5) is 4.39 Å². The smallest absolute Gasteiger partial charge is 0.147 e. The summed E-state index contributed by atoms with van der Waals surface area (Å²) in [6.45, 7) is 4.43. The van der Waals surface area contributed by atoms with Crippen LogP contribution in [0.25, 0.3) is 5.69 Å². The molecule has 0 aliphatic heterocycles. The molecular weight excluding hydrogens is 319 g/mol. The molecule has 4 heteroatoms. The van der Waals surface area contributed by atoms with E-state index in [4.69, 9.17) is 5.73 Å². The van der Waals surface area contributed by atoms with Crippen molar-refractivity contribution in [2.24, 2.45) is 11.1 Å². The molecule has 0 radical (unpaired) electrons. The van der Waals surface area contributed by atoms with Gasteiger partial charge >= 0.3 is 0 Å². The van der Waals surface area contributed by atoms with Crippen LogP contribution in [0.5, 0.6) is 0 Å². The molecule has 2 N–H and O–H groups in total. The molecule has 1 aliphatic rings. The predicted molar refractivity (Wildman–Crippen MR) is 82.5 cm³/mol. The van der Waals surface area contributed by atoms with Gasteiger partial charge in [-0.25, -0.2) is 4.39 Å². The number of benzene rings is 1. The highest BCUT2D eigenvalue weighted by atomic mass is 79.9. The average molecular weight is 337 g/mol. The van der Waals surface area contributed by atoms with Gasteiger partial charge in [-0.3, -0.25) is 0 Å². The zero-order valence-electron chi connectivity index (χ0n) is 11.7. The summed E-state index contributed by atoms with van der Waals surface area (Å²) in [4.78, 5) is 0. The summed E-state index contributed by atoms with van der Waals surface area (Å²) in [7, 11) is 0. The van der Waals surface area contributed by atoms with Gasteiger partial charge in [0.1, 0.15) is 5.82 Å². The normalized spacial score (nSPS) is 20.8. The van der Waals surface area contributed by atoms with Crippen molar-refractivity contribution >= 4 is 15.9 Å². The largest absolute Gasteiger partial charge is 0.324 e. The Balaban J connectivity index is 2.16. The molecule has 106 valence electrons. The maximum atomic E-state index is 14.1. The number of hydrogen-bond acceptors (Lipinski definition) is 1. The topological polar surface area (TPSA) is 30.9 Å². The molecule has 0 saturated carbocycles. The Morgan fingerprint density at radius 1 is 1.35 bits per heavy atom. The molecule has 3 rings (SSSR count). The molecule has 0 fully saturated rings. The molecule has 20 heavy (non-hydrogen) atoms. The molecule has 1 unspecified atom stereocenters. The molecule has 1 heterocycles. The third kappa shape index (κ3) is 2.31. The minimum absolute atomic E-state index is 0.0326. The van der Waals surface area contributed by atoms with E-state index >= 15 is 0 Å². The first kappa shape index (κ1) is 13.8. The number of nitrogens with zero attached hydrogens (tertiary/aromatic N) is 1. The van der Waals surface area contributed by atoms with Crippen LogP contribution in [0.1, 0.15) is 37.6 Å². The predicted octanol–water partition coefficient (Wildman–Crippen LogP) is 4.35. The monoisotopic (exact) mass is 336 g/mol. The zero-order chi connectivity index (χ0) is 14.5. The molecule has 0 bridgehead atoms. The molecule has 0 amide bonds. The quantitative estimate of drug-likeness (QED) is 0.824. The Bertz CT molecular complexity index is 660. The molecule has 2 nitrogen and oxygen atoms in total. The van der Waals surface area contributed by atoms with Crippen LogP contribution >= 0.6 is 15.9 Å². The number of rotatable bonds is 1. The lowest BCUT2D eigenvalue weighted by atomic mass is 9.74. The third-order valence-corrected chi connectivity index (χ3v) is 4.51. The molecule has 2 aromatic rings. The summed E-state index contributed by atoms with van der Waals surface area (Å²) in [6, 6.07) is 7.06. The van der Waals surface area contributed by atoms with Gasteiger partial charge in [-0.1, -0.05) is 29.8 Å². The number of nitrogens with two attached hydrogens (primary N) is 1. The van der Waals surface area contributed by atoms with E-state index in [1.54, 1.807) is 6.07 Å². The highest BCUT2D eigenvalue weighted by molar-refractivity contribution is 9.10. The van der Waals surface area contributed by atoms with E-state index < -0.39 is 0 Å². The van der Waals surface area contributed by atoms with E-state index in [2.05, 4.69) is 29.8 Å². The highest BCUT2D eigenvalue weighted by Crippen LogP contribution is 2.41. The second kappa shape index (κ2) is 4.71. The van der Waals surface area contributed by atoms with Crippen LogP contribution in [-0.4, -0.2) is 4.57 Å². The lowest BCUT2D eigenvalue weighted by molar-refractivity contribution is 0.278. The summed E-state index contributed by atoms with van der Waals surface area (Å²) < 4.78 is 16.9. The van der Waals surface area contributed by atoms with E-state index in [1.807, 2.05) is 22.9 Å². The third-order valence-electron chi connectivity index (χ3n) is 4.01. The summed E-state index contributed by atoms with van der Waals surface area (Å²) in [5, 5.41) is 0. The Kier molecular flexibility index (Phi) is 3.26. The van der Waals surface area contributed by atoms with Crippen LogP contribution in [-0.2, 0) is 6.42 Å². The Morgan fingerprint density at radius 2 is 2.10 bits per heavy atom. The van der Waals surface area contributed by atoms with Crippen molar-refractivity contribution < 1.29 is 4.39 Å². The first-order valence-corrected chi connectivity index (χ1v) is 7.58. The van der Waals surface area contributed by atoms with Crippen molar-refractivity contribution in [1.29, 1.82) is 0 Å². The Labute approximate surface area is 126 Å². The summed E-state index contributed by atoms with van der Waals surface area (Å²) in [6.07, 6.45) is 3.80. The summed E-state index contributed by atoms with van der Waals surface area (Å²) in [5.41, 5.74) is 9.26. The number of halogens is 2. The fraction of sp³-hybridized carbons (Fsp3) is 0.375. The van der Waals surface area contributed by atoms with E-state index in [0.29, 0.717) is 5.69 Å². The van der Waals surface area contributed by atoms with Gasteiger partial charge in [0.15, 0.2) is 0 Å². The van der Waals surface area contributed by atoms with Gasteiger partial charge in [-0.2, -0.15) is 0 Å². The minimum Gasteiger partial charge on any atom is -0.324 e. The number of fused-ring (bicyclic) bond motifs is 1. The average Bonchev–Trinajstić information content (AvgIpc) is 2.74. The van der Waals surface area contributed by atoms with Crippen LogP contribution in [0.3, 0.4) is 0 Å². The van der Waals surface area contributed by atoms with Gasteiger partial charge in [0.25, 0.3) is 0 Å². The van der Waals surface area contributed by atoms with Crippen molar-refractivity contribution in [3.8, 4) is 5.69 Å². The first-order valence-electron chi connectivity index (χ1n) is 6.78. The van der Waals surface area contributed by atoms with Gasteiger partial charge in [-0.05, 0) is 48.1 Å². The second-order valence-electron chi connectivity index (χ2n) is 6.34. The molecule has 1 atom stereocenters. The van der Waals surface area contributed by atoms with Crippen molar-refractivity contribution in [3.05, 3.63) is 52.0 Å². The SMILES string of the molecule is CC1(C)Cc2c(ccn2-c2cc(Br)ccc2F)C(N)C1. The van der Waals surface area contributed by atoms with Crippen LogP contribution in [0.2, 0.25) is 0 Å². The van der Waals surface area contributed by atoms with Gasteiger partial charge in [0.2, 0.25) is 0 Å². The van der Waals surface area contributed by atoms with Gasteiger partial charge in [-0.15, -0.1) is 0 Å². The fourth-order valence-corrected chi connectivity index (χ4v) is 3.48. The lowest BCUT2D eigenvalue weighted by Gasteiger charge is -2.34. The standard InChI is InChI=1S/C16H18BrFN2/c1-16(2)8-13(19)11-5-6-20(15(11)9-16)14-7-10(17)3-4-12(14)18/h3-7,13H,8-9,19H2,1-2H3. The van der Waals surface area contributed by atoms with Crippen LogP contribution < -0.4 is 5.73 Å². The minimum atomic E-state index is -0.219. The van der Waals surface area contributed by atoms with E-state index in [1.165, 1.54) is 6.07 Å². The fourth-order valence-electron chi connectivity index (χ4n) is 3.13. The van der Waals surface area contributed by atoms with Gasteiger partial charge in [0.05, 0.1) is 5.69 Å². The highest BCUT2D eigenvalue weighted by Gasteiger charge is 2.32. The Hall–Kier alpha value is -1.13. The Morgan fingerprint density at radius 3 is 2.85 bits per heavy atom. The molecular formula is C16H18BrFN2. The molecule has 0 saturated heterocycles. The van der Waals surface area contributed by atoms with E-state index in [-0.39, 0.29) is 17.3 Å². The van der Waals surface area contributed by atoms with Crippen molar-refractivity contribution in [2.45, 2.75) is 32.7 Å². The summed E-state index contributed by atoms with van der Waals surface area (Å²) >= 11 is 3.41. The van der Waals surface area contributed by atoms with Crippen molar-refractivity contribution in [1.82, 2.24) is 4.57 Å². The zero-order valence-corrected chi connectivity index (χ0v) is 13.2. The van der Waals surface area contributed by atoms with Crippen molar-refractivity contribution in [2.75, 3.05) is 0 Å². The molecule has 1 aromatic heterocycles. The lowest BCUT2D eigenvalue weighted by Crippen LogP contribution is -2.30. The van der Waals surface area contributed by atoms with Crippen LogP contribution in [0.15, 0.2) is 34.9 Å². The van der Waals surface area contributed by atoms with Crippen molar-refractivity contribution in [3.63, 3.8) is 0 Å². The first-order chi connectivity index (χ1) is 9.37. The van der Waals surface area contributed by atoms with E-state index in [9.17, 15) is 4.39 Å². The van der Waals surface area contributed by atoms with Gasteiger partial charge in [0, 0.05) is 22.4 Å². The molecule has 1 aliphatic carbocycles.